The molecule has 1 unspecified atom stereocenters. The Bertz CT molecular complexity index is 371. The maximum Gasteiger partial charge on any atom is 0.221 e. The summed E-state index contributed by atoms with van der Waals surface area (Å²) >= 11 is 0. The molecule has 1 rings (SSSR count). The molecule has 0 aromatic heterocycles. The second kappa shape index (κ2) is 7.17. The van der Waals surface area contributed by atoms with Crippen molar-refractivity contribution in [3.05, 3.63) is 29.8 Å². The molecule has 0 heterocycles. The van der Waals surface area contributed by atoms with Gasteiger partial charge in [0.2, 0.25) is 5.91 Å². The lowest BCUT2D eigenvalue weighted by atomic mass is 9.98. The first kappa shape index (κ1) is 14.7. The van der Waals surface area contributed by atoms with Crippen LogP contribution in [0.2, 0.25) is 0 Å². The van der Waals surface area contributed by atoms with E-state index in [4.69, 9.17) is 0 Å². The van der Waals surface area contributed by atoms with Gasteiger partial charge >= 0.3 is 0 Å². The van der Waals surface area contributed by atoms with Crippen LogP contribution in [0.4, 0.5) is 5.69 Å². The van der Waals surface area contributed by atoms with E-state index < -0.39 is 0 Å². The van der Waals surface area contributed by atoms with Crippen molar-refractivity contribution in [2.45, 2.75) is 34.2 Å². The largest absolute Gasteiger partial charge is 0.326 e. The van der Waals surface area contributed by atoms with E-state index in [-0.39, 0.29) is 5.91 Å². The van der Waals surface area contributed by atoms with E-state index in [9.17, 15) is 4.79 Å². The summed E-state index contributed by atoms with van der Waals surface area (Å²) in [4.78, 5) is 10.9. The maximum atomic E-state index is 10.9. The molecule has 0 spiro atoms. The van der Waals surface area contributed by atoms with Gasteiger partial charge < -0.3 is 10.6 Å². The zero-order chi connectivity index (χ0) is 13.5. The summed E-state index contributed by atoms with van der Waals surface area (Å²) in [5, 5.41) is 6.22. The first-order chi connectivity index (χ1) is 8.49. The smallest absolute Gasteiger partial charge is 0.221 e. The van der Waals surface area contributed by atoms with Crippen LogP contribution >= 0.6 is 0 Å². The van der Waals surface area contributed by atoms with Crippen molar-refractivity contribution in [3.8, 4) is 0 Å². The molecule has 100 valence electrons. The normalized spacial score (nSPS) is 12.5. The number of amides is 1. The minimum Gasteiger partial charge on any atom is -0.326 e. The van der Waals surface area contributed by atoms with E-state index in [2.05, 4.69) is 31.4 Å². The fourth-order valence-electron chi connectivity index (χ4n) is 1.59. The summed E-state index contributed by atoms with van der Waals surface area (Å²) in [6.45, 7) is 10.2. The van der Waals surface area contributed by atoms with Crippen LogP contribution < -0.4 is 10.6 Å². The predicted octanol–water partition coefficient (Wildman–Crippen LogP) is 3.03. The van der Waals surface area contributed by atoms with Gasteiger partial charge in [-0.1, -0.05) is 32.9 Å². The summed E-state index contributed by atoms with van der Waals surface area (Å²) in [5.74, 6) is 1.36. The Kier molecular flexibility index (Phi) is 5.86. The van der Waals surface area contributed by atoms with Crippen molar-refractivity contribution in [3.63, 3.8) is 0 Å². The second-order valence-electron chi connectivity index (χ2n) is 5.23. The molecule has 0 aliphatic rings. The van der Waals surface area contributed by atoms with Gasteiger partial charge in [0.15, 0.2) is 0 Å². The third kappa shape index (κ3) is 5.32. The van der Waals surface area contributed by atoms with E-state index in [1.165, 1.54) is 12.5 Å². The van der Waals surface area contributed by atoms with Crippen LogP contribution in [0.25, 0.3) is 0 Å². The Morgan fingerprint density at radius 2 is 1.78 bits per heavy atom. The molecule has 0 bridgehead atoms. The summed E-state index contributed by atoms with van der Waals surface area (Å²) < 4.78 is 0. The molecular weight excluding hydrogens is 224 g/mol. The van der Waals surface area contributed by atoms with Crippen molar-refractivity contribution >= 4 is 11.6 Å². The summed E-state index contributed by atoms with van der Waals surface area (Å²) in [6.07, 6.45) is 0. The van der Waals surface area contributed by atoms with Crippen LogP contribution in [0.3, 0.4) is 0 Å². The van der Waals surface area contributed by atoms with Crippen LogP contribution in [0.15, 0.2) is 24.3 Å². The standard InChI is InChI=1S/C15H24N2O/c1-11(2)12(3)9-16-10-14-5-7-15(8-6-14)17-13(4)18/h5-8,11-12,16H,9-10H2,1-4H3,(H,17,18). The van der Waals surface area contributed by atoms with E-state index in [1.54, 1.807) is 0 Å². The van der Waals surface area contributed by atoms with Crippen molar-refractivity contribution in [2.75, 3.05) is 11.9 Å². The van der Waals surface area contributed by atoms with Crippen molar-refractivity contribution in [1.82, 2.24) is 5.32 Å². The quantitative estimate of drug-likeness (QED) is 0.812. The molecule has 1 amide bonds. The zero-order valence-corrected chi connectivity index (χ0v) is 11.8. The number of carbonyl (C=O) groups excluding carboxylic acids is 1. The molecule has 0 saturated heterocycles. The summed E-state index contributed by atoms with van der Waals surface area (Å²) in [7, 11) is 0. The van der Waals surface area contributed by atoms with Gasteiger partial charge in [0.05, 0.1) is 0 Å². The van der Waals surface area contributed by atoms with Gasteiger partial charge in [-0.2, -0.15) is 0 Å². The van der Waals surface area contributed by atoms with Gasteiger partial charge in [0.25, 0.3) is 0 Å². The Morgan fingerprint density at radius 1 is 1.17 bits per heavy atom. The lowest BCUT2D eigenvalue weighted by Gasteiger charge is -2.16. The first-order valence-corrected chi connectivity index (χ1v) is 6.56. The van der Waals surface area contributed by atoms with Gasteiger partial charge in [0.1, 0.15) is 0 Å². The van der Waals surface area contributed by atoms with E-state index in [1.807, 2.05) is 24.3 Å². The topological polar surface area (TPSA) is 41.1 Å². The highest BCUT2D eigenvalue weighted by atomic mass is 16.1. The van der Waals surface area contributed by atoms with E-state index >= 15 is 0 Å². The number of rotatable bonds is 6. The minimum absolute atomic E-state index is 0.0355. The number of anilines is 1. The zero-order valence-electron chi connectivity index (χ0n) is 11.8. The van der Waals surface area contributed by atoms with Crippen molar-refractivity contribution < 1.29 is 4.79 Å². The van der Waals surface area contributed by atoms with E-state index in [0.29, 0.717) is 11.8 Å². The first-order valence-electron chi connectivity index (χ1n) is 6.56. The molecule has 0 aliphatic heterocycles. The second-order valence-corrected chi connectivity index (χ2v) is 5.23. The Balaban J connectivity index is 2.37. The summed E-state index contributed by atoms with van der Waals surface area (Å²) in [5.41, 5.74) is 2.09. The molecular formula is C15H24N2O. The van der Waals surface area contributed by atoms with Crippen LogP contribution in [-0.4, -0.2) is 12.5 Å². The summed E-state index contributed by atoms with van der Waals surface area (Å²) in [6, 6.07) is 7.95. The molecule has 0 fully saturated rings. The fraction of sp³-hybridized carbons (Fsp3) is 0.533. The van der Waals surface area contributed by atoms with Crippen LogP contribution in [0, 0.1) is 11.8 Å². The van der Waals surface area contributed by atoms with Crippen molar-refractivity contribution in [1.29, 1.82) is 0 Å². The lowest BCUT2D eigenvalue weighted by Crippen LogP contribution is -2.23. The highest BCUT2D eigenvalue weighted by Crippen LogP contribution is 2.10. The molecule has 0 radical (unpaired) electrons. The lowest BCUT2D eigenvalue weighted by molar-refractivity contribution is -0.114. The third-order valence-electron chi connectivity index (χ3n) is 3.21. The number of carbonyl (C=O) groups is 1. The average Bonchev–Trinajstić information content (AvgIpc) is 2.30. The monoisotopic (exact) mass is 248 g/mol. The van der Waals surface area contributed by atoms with E-state index in [0.717, 1.165) is 18.8 Å². The number of hydrogen-bond acceptors (Lipinski definition) is 2. The van der Waals surface area contributed by atoms with Gasteiger partial charge in [-0.05, 0) is 36.1 Å². The number of benzene rings is 1. The maximum absolute atomic E-state index is 10.9. The van der Waals surface area contributed by atoms with Gasteiger partial charge in [0, 0.05) is 19.2 Å². The molecule has 0 aliphatic carbocycles. The molecule has 18 heavy (non-hydrogen) atoms. The molecule has 1 aromatic carbocycles. The Hall–Kier alpha value is -1.35. The minimum atomic E-state index is -0.0355. The van der Waals surface area contributed by atoms with Gasteiger partial charge in [-0.15, -0.1) is 0 Å². The molecule has 1 aromatic rings. The number of hydrogen-bond donors (Lipinski definition) is 2. The third-order valence-corrected chi connectivity index (χ3v) is 3.21. The molecule has 0 saturated carbocycles. The van der Waals surface area contributed by atoms with Gasteiger partial charge in [-0.3, -0.25) is 4.79 Å². The molecule has 1 atom stereocenters. The van der Waals surface area contributed by atoms with Crippen LogP contribution in [0.1, 0.15) is 33.3 Å². The number of nitrogens with one attached hydrogen (secondary N) is 2. The molecule has 2 N–H and O–H groups in total. The van der Waals surface area contributed by atoms with Crippen molar-refractivity contribution in [2.24, 2.45) is 11.8 Å². The van der Waals surface area contributed by atoms with Crippen LogP contribution in [0.5, 0.6) is 0 Å². The van der Waals surface area contributed by atoms with Gasteiger partial charge in [-0.25, -0.2) is 0 Å². The fourth-order valence-corrected chi connectivity index (χ4v) is 1.59. The molecule has 3 heteroatoms. The Morgan fingerprint density at radius 3 is 2.28 bits per heavy atom. The predicted molar refractivity (Wildman–Crippen MR) is 76.5 cm³/mol. The highest BCUT2D eigenvalue weighted by Gasteiger charge is 2.05. The SMILES string of the molecule is CC(=O)Nc1ccc(CNCC(C)C(C)C)cc1. The Labute approximate surface area is 110 Å². The molecule has 3 nitrogen and oxygen atoms in total. The average molecular weight is 248 g/mol. The van der Waals surface area contributed by atoms with Crippen LogP contribution in [-0.2, 0) is 11.3 Å². The highest BCUT2D eigenvalue weighted by molar-refractivity contribution is 5.88.